The van der Waals surface area contributed by atoms with Crippen LogP contribution in [-0.4, -0.2) is 40.8 Å². The highest BCUT2D eigenvalue weighted by atomic mass is 16.5. The van der Waals surface area contributed by atoms with Crippen LogP contribution in [0.1, 0.15) is 45.4 Å². The third-order valence-electron chi connectivity index (χ3n) is 3.28. The van der Waals surface area contributed by atoms with Crippen molar-refractivity contribution in [3.8, 4) is 0 Å². The van der Waals surface area contributed by atoms with Crippen molar-refractivity contribution >= 4 is 5.97 Å². The summed E-state index contributed by atoms with van der Waals surface area (Å²) < 4.78 is 10.5. The molecule has 0 N–H and O–H groups in total. The molecule has 1 aliphatic heterocycles. The fraction of sp³-hybridized carbons (Fsp3) is 0.769. The van der Waals surface area contributed by atoms with Crippen LogP contribution in [0, 0.1) is 0 Å². The molecule has 19 heavy (non-hydrogen) atoms. The second kappa shape index (κ2) is 5.28. The topological polar surface area (TPSA) is 68.5 Å². The molecule has 0 saturated carbocycles. The molecule has 0 spiro atoms. The summed E-state index contributed by atoms with van der Waals surface area (Å²) in [5.74, 6) is 0.991. The van der Waals surface area contributed by atoms with E-state index in [1.165, 1.54) is 7.11 Å². The number of ether oxygens (including phenoxy) is 1. The summed E-state index contributed by atoms with van der Waals surface area (Å²) in [6, 6.07) is -0.185. The van der Waals surface area contributed by atoms with Crippen molar-refractivity contribution in [3.05, 3.63) is 11.8 Å². The molecule has 0 aliphatic carbocycles. The smallest absolute Gasteiger partial charge is 0.323 e. The Kier molecular flexibility index (Phi) is 3.89. The molecule has 6 nitrogen and oxygen atoms in total. The molecule has 0 aromatic carbocycles. The van der Waals surface area contributed by atoms with Crippen LogP contribution in [0.3, 0.4) is 0 Å². The molecule has 1 saturated heterocycles. The Balaban J connectivity index is 2.04. The highest BCUT2D eigenvalue weighted by molar-refractivity contribution is 5.75. The van der Waals surface area contributed by atoms with Gasteiger partial charge in [-0.2, -0.15) is 0 Å². The number of esters is 1. The normalized spacial score (nSPS) is 20.7. The summed E-state index contributed by atoms with van der Waals surface area (Å²) in [5, 5.41) is 8.12. The maximum absolute atomic E-state index is 11.6. The molecule has 2 heterocycles. The Labute approximate surface area is 113 Å². The van der Waals surface area contributed by atoms with Crippen LogP contribution < -0.4 is 0 Å². The quantitative estimate of drug-likeness (QED) is 0.773. The first-order valence-corrected chi connectivity index (χ1v) is 6.56. The lowest BCUT2D eigenvalue weighted by Crippen LogP contribution is -2.36. The SMILES string of the molecule is COC(=O)C1CCCN1Cc1nnc(C(C)(C)C)o1. The lowest BCUT2D eigenvalue weighted by molar-refractivity contribution is -0.146. The standard InChI is InChI=1S/C13H21N3O3/c1-13(2,3)12-15-14-10(19-12)8-16-7-5-6-9(16)11(17)18-4/h9H,5-8H2,1-4H3. The van der Waals surface area contributed by atoms with Gasteiger partial charge < -0.3 is 9.15 Å². The van der Waals surface area contributed by atoms with E-state index in [2.05, 4.69) is 10.2 Å². The van der Waals surface area contributed by atoms with Crippen LogP contribution >= 0.6 is 0 Å². The zero-order chi connectivity index (χ0) is 14.0. The van der Waals surface area contributed by atoms with Crippen LogP contribution in [0.4, 0.5) is 0 Å². The summed E-state index contributed by atoms with van der Waals surface area (Å²) in [7, 11) is 1.42. The van der Waals surface area contributed by atoms with E-state index in [1.807, 2.05) is 25.7 Å². The molecule has 6 heteroatoms. The zero-order valence-corrected chi connectivity index (χ0v) is 12.0. The summed E-state index contributed by atoms with van der Waals surface area (Å²) in [4.78, 5) is 13.7. The number of hydrogen-bond donors (Lipinski definition) is 0. The lowest BCUT2D eigenvalue weighted by atomic mass is 9.97. The first-order valence-electron chi connectivity index (χ1n) is 6.56. The molecular weight excluding hydrogens is 246 g/mol. The van der Waals surface area contributed by atoms with E-state index in [1.54, 1.807) is 0 Å². The van der Waals surface area contributed by atoms with Crippen LogP contribution in [-0.2, 0) is 21.5 Å². The Morgan fingerprint density at radius 1 is 1.47 bits per heavy atom. The summed E-state index contributed by atoms with van der Waals surface area (Å²) >= 11 is 0. The van der Waals surface area contributed by atoms with Gasteiger partial charge in [0, 0.05) is 5.41 Å². The van der Waals surface area contributed by atoms with E-state index >= 15 is 0 Å². The molecule has 106 valence electrons. The molecule has 1 atom stereocenters. The van der Waals surface area contributed by atoms with Gasteiger partial charge in [-0.05, 0) is 19.4 Å². The van der Waals surface area contributed by atoms with E-state index in [4.69, 9.17) is 9.15 Å². The molecule has 1 fully saturated rings. The van der Waals surface area contributed by atoms with Crippen LogP contribution in [0.5, 0.6) is 0 Å². The van der Waals surface area contributed by atoms with Gasteiger partial charge in [0.25, 0.3) is 0 Å². The highest BCUT2D eigenvalue weighted by Gasteiger charge is 2.33. The van der Waals surface area contributed by atoms with Crippen LogP contribution in [0.25, 0.3) is 0 Å². The monoisotopic (exact) mass is 267 g/mol. The van der Waals surface area contributed by atoms with Crippen molar-refractivity contribution < 1.29 is 13.9 Å². The average Bonchev–Trinajstić information content (AvgIpc) is 2.97. The van der Waals surface area contributed by atoms with E-state index in [0.29, 0.717) is 18.3 Å². The summed E-state index contributed by atoms with van der Waals surface area (Å²) in [6.07, 6.45) is 1.81. The molecule has 1 aromatic rings. The van der Waals surface area contributed by atoms with Gasteiger partial charge in [-0.3, -0.25) is 9.69 Å². The predicted octanol–water partition coefficient (Wildman–Crippen LogP) is 1.50. The minimum absolute atomic E-state index is 0.155. The van der Waals surface area contributed by atoms with Crippen molar-refractivity contribution in [2.45, 2.75) is 51.6 Å². The van der Waals surface area contributed by atoms with Crippen molar-refractivity contribution in [2.24, 2.45) is 0 Å². The van der Waals surface area contributed by atoms with Gasteiger partial charge in [-0.1, -0.05) is 20.8 Å². The third kappa shape index (κ3) is 3.12. The number of rotatable bonds is 3. The van der Waals surface area contributed by atoms with Crippen molar-refractivity contribution in [2.75, 3.05) is 13.7 Å². The van der Waals surface area contributed by atoms with Crippen LogP contribution in [0.15, 0.2) is 4.42 Å². The second-order valence-corrected chi connectivity index (χ2v) is 5.90. The first kappa shape index (κ1) is 14.0. The van der Waals surface area contributed by atoms with Crippen molar-refractivity contribution in [1.29, 1.82) is 0 Å². The number of likely N-dealkylation sites (tertiary alicyclic amines) is 1. The number of nitrogens with zero attached hydrogens (tertiary/aromatic N) is 3. The van der Waals surface area contributed by atoms with Crippen LogP contribution in [0.2, 0.25) is 0 Å². The number of carbonyl (C=O) groups is 1. The molecular formula is C13H21N3O3. The van der Waals surface area contributed by atoms with E-state index in [0.717, 1.165) is 19.4 Å². The number of carbonyl (C=O) groups excluding carboxylic acids is 1. The maximum Gasteiger partial charge on any atom is 0.323 e. The largest absolute Gasteiger partial charge is 0.468 e. The maximum atomic E-state index is 11.6. The van der Waals surface area contributed by atoms with E-state index in [9.17, 15) is 4.79 Å². The van der Waals surface area contributed by atoms with Gasteiger partial charge in [0.05, 0.1) is 13.7 Å². The Morgan fingerprint density at radius 3 is 2.79 bits per heavy atom. The van der Waals surface area contributed by atoms with E-state index in [-0.39, 0.29) is 17.4 Å². The molecule has 0 bridgehead atoms. The molecule has 0 amide bonds. The molecule has 2 rings (SSSR count). The zero-order valence-electron chi connectivity index (χ0n) is 12.0. The van der Waals surface area contributed by atoms with Gasteiger partial charge in [0.1, 0.15) is 6.04 Å². The molecule has 1 aliphatic rings. The van der Waals surface area contributed by atoms with Crippen molar-refractivity contribution in [1.82, 2.24) is 15.1 Å². The second-order valence-electron chi connectivity index (χ2n) is 5.90. The average molecular weight is 267 g/mol. The minimum Gasteiger partial charge on any atom is -0.468 e. The predicted molar refractivity (Wildman–Crippen MR) is 68.4 cm³/mol. The highest BCUT2D eigenvalue weighted by Crippen LogP contribution is 2.23. The number of methoxy groups -OCH3 is 1. The number of aromatic nitrogens is 2. The Morgan fingerprint density at radius 2 is 2.21 bits per heavy atom. The van der Waals surface area contributed by atoms with Crippen molar-refractivity contribution in [3.63, 3.8) is 0 Å². The summed E-state index contributed by atoms with van der Waals surface area (Å²) in [5.41, 5.74) is -0.155. The van der Waals surface area contributed by atoms with Gasteiger partial charge in [-0.15, -0.1) is 10.2 Å². The fourth-order valence-corrected chi connectivity index (χ4v) is 2.21. The van der Waals surface area contributed by atoms with Gasteiger partial charge in [0.2, 0.25) is 11.8 Å². The molecule has 0 radical (unpaired) electrons. The minimum atomic E-state index is -0.187. The molecule has 1 aromatic heterocycles. The summed E-state index contributed by atoms with van der Waals surface area (Å²) in [6.45, 7) is 7.43. The third-order valence-corrected chi connectivity index (χ3v) is 3.28. The first-order chi connectivity index (χ1) is 8.91. The Hall–Kier alpha value is -1.43. The van der Waals surface area contributed by atoms with E-state index < -0.39 is 0 Å². The lowest BCUT2D eigenvalue weighted by Gasteiger charge is -2.20. The fourth-order valence-electron chi connectivity index (χ4n) is 2.21. The van der Waals surface area contributed by atoms with Gasteiger partial charge >= 0.3 is 5.97 Å². The van der Waals surface area contributed by atoms with Gasteiger partial charge in [-0.25, -0.2) is 0 Å². The Bertz CT molecular complexity index is 450. The molecule has 1 unspecified atom stereocenters. The van der Waals surface area contributed by atoms with Gasteiger partial charge in [0.15, 0.2) is 0 Å². The number of hydrogen-bond acceptors (Lipinski definition) is 6.